The first-order chi connectivity index (χ1) is 9.11. The first-order valence-corrected chi connectivity index (χ1v) is 6.74. The molecule has 0 atom stereocenters. The Balaban J connectivity index is 2.19. The van der Waals surface area contributed by atoms with E-state index >= 15 is 0 Å². The first-order valence-electron chi connectivity index (χ1n) is 6.74. The second-order valence-corrected chi connectivity index (χ2v) is 5.07. The van der Waals surface area contributed by atoms with E-state index in [1.54, 1.807) is 6.20 Å². The van der Waals surface area contributed by atoms with E-state index in [1.807, 2.05) is 24.9 Å². The Bertz CT molecular complexity index is 461. The number of likely N-dealkylation sites (N-methyl/N-ethyl adjacent to an activating group) is 1. The molecule has 104 valence electrons. The van der Waals surface area contributed by atoms with Gasteiger partial charge in [-0.05, 0) is 33.0 Å². The van der Waals surface area contributed by atoms with Crippen LogP contribution in [-0.4, -0.2) is 61.0 Å². The second kappa shape index (κ2) is 6.02. The lowest BCUT2D eigenvalue weighted by molar-refractivity contribution is 0.0763. The number of pyridine rings is 1. The number of carbonyl (C=O) groups excluding carboxylic acids is 1. The molecule has 1 aromatic rings. The van der Waals surface area contributed by atoms with E-state index in [1.165, 1.54) is 0 Å². The van der Waals surface area contributed by atoms with Crippen molar-refractivity contribution in [1.29, 1.82) is 0 Å². The van der Waals surface area contributed by atoms with Gasteiger partial charge in [-0.2, -0.15) is 0 Å². The Morgan fingerprint density at radius 1 is 1.32 bits per heavy atom. The molecule has 5 nitrogen and oxygen atoms in total. The summed E-state index contributed by atoms with van der Waals surface area (Å²) in [4.78, 5) is 21.0. The zero-order valence-corrected chi connectivity index (χ0v) is 11.9. The minimum Gasteiger partial charge on any atom is -0.387 e. The number of aryl methyl sites for hydroxylation is 1. The average Bonchev–Trinajstić information content (AvgIpc) is 2.62. The highest BCUT2D eigenvalue weighted by Gasteiger charge is 2.21. The molecule has 1 fully saturated rings. The van der Waals surface area contributed by atoms with Crippen LogP contribution in [0.5, 0.6) is 0 Å². The number of nitrogens with one attached hydrogen (secondary N) is 1. The largest absolute Gasteiger partial charge is 0.387 e. The summed E-state index contributed by atoms with van der Waals surface area (Å²) in [5, 5.41) is 3.08. The molecule has 0 aliphatic carbocycles. The zero-order chi connectivity index (χ0) is 13.8. The minimum absolute atomic E-state index is 0.0761. The summed E-state index contributed by atoms with van der Waals surface area (Å²) >= 11 is 0. The van der Waals surface area contributed by atoms with Gasteiger partial charge >= 0.3 is 0 Å². The normalized spacial score (nSPS) is 17.1. The Morgan fingerprint density at radius 2 is 2.11 bits per heavy atom. The van der Waals surface area contributed by atoms with Gasteiger partial charge in [-0.25, -0.2) is 0 Å². The quantitative estimate of drug-likeness (QED) is 0.870. The number of hydrogen-bond acceptors (Lipinski definition) is 4. The molecule has 2 rings (SSSR count). The summed E-state index contributed by atoms with van der Waals surface area (Å²) in [6.07, 6.45) is 2.70. The van der Waals surface area contributed by atoms with Gasteiger partial charge in [0.1, 0.15) is 0 Å². The highest BCUT2D eigenvalue weighted by atomic mass is 16.2. The molecule has 2 heterocycles. The summed E-state index contributed by atoms with van der Waals surface area (Å²) < 4.78 is 0. The Morgan fingerprint density at radius 3 is 2.84 bits per heavy atom. The number of anilines is 1. The topological polar surface area (TPSA) is 48.5 Å². The molecule has 0 spiro atoms. The molecule has 0 saturated carbocycles. The molecular weight excluding hydrogens is 240 g/mol. The summed E-state index contributed by atoms with van der Waals surface area (Å²) in [5.74, 6) is 0.0761. The van der Waals surface area contributed by atoms with Crippen LogP contribution in [0.1, 0.15) is 22.5 Å². The third-order valence-electron chi connectivity index (χ3n) is 3.55. The summed E-state index contributed by atoms with van der Waals surface area (Å²) in [7, 11) is 3.93. The Hall–Kier alpha value is -1.62. The van der Waals surface area contributed by atoms with Crippen LogP contribution in [0.4, 0.5) is 5.69 Å². The molecule has 0 aromatic carbocycles. The smallest absolute Gasteiger partial charge is 0.257 e. The summed E-state index contributed by atoms with van der Waals surface area (Å²) in [5.41, 5.74) is 2.43. The highest BCUT2D eigenvalue weighted by Crippen LogP contribution is 2.18. The van der Waals surface area contributed by atoms with Crippen LogP contribution < -0.4 is 5.32 Å². The predicted octanol–water partition coefficient (Wildman–Crippen LogP) is 1.21. The molecule has 5 heteroatoms. The Kier molecular flexibility index (Phi) is 4.37. The van der Waals surface area contributed by atoms with Crippen molar-refractivity contribution in [2.24, 2.45) is 0 Å². The molecule has 0 bridgehead atoms. The molecule has 1 saturated heterocycles. The number of nitrogens with zero attached hydrogens (tertiary/aromatic N) is 3. The van der Waals surface area contributed by atoms with Gasteiger partial charge in [-0.1, -0.05) is 0 Å². The number of amides is 1. The van der Waals surface area contributed by atoms with E-state index in [4.69, 9.17) is 0 Å². The van der Waals surface area contributed by atoms with E-state index < -0.39 is 0 Å². The van der Waals surface area contributed by atoms with Crippen molar-refractivity contribution in [2.75, 3.05) is 45.6 Å². The fraction of sp³-hybridized carbons (Fsp3) is 0.571. The molecule has 0 radical (unpaired) electrons. The zero-order valence-electron chi connectivity index (χ0n) is 11.9. The molecular formula is C14H22N4O. The van der Waals surface area contributed by atoms with Gasteiger partial charge < -0.3 is 15.1 Å². The van der Waals surface area contributed by atoms with Crippen molar-refractivity contribution in [3.63, 3.8) is 0 Å². The second-order valence-electron chi connectivity index (χ2n) is 5.07. The van der Waals surface area contributed by atoms with Crippen LogP contribution >= 0.6 is 0 Å². The van der Waals surface area contributed by atoms with Crippen molar-refractivity contribution < 1.29 is 4.79 Å². The van der Waals surface area contributed by atoms with E-state index in [0.29, 0.717) is 5.56 Å². The van der Waals surface area contributed by atoms with E-state index in [9.17, 15) is 4.79 Å². The number of rotatable bonds is 2. The van der Waals surface area contributed by atoms with Gasteiger partial charge in [0.25, 0.3) is 5.91 Å². The molecule has 1 amide bonds. The lowest BCUT2D eigenvalue weighted by Crippen LogP contribution is -2.35. The van der Waals surface area contributed by atoms with Crippen molar-refractivity contribution in [2.45, 2.75) is 13.3 Å². The number of aromatic nitrogens is 1. The van der Waals surface area contributed by atoms with Crippen molar-refractivity contribution in [1.82, 2.24) is 14.8 Å². The third kappa shape index (κ3) is 3.23. The molecule has 1 aliphatic rings. The molecule has 1 aromatic heterocycles. The third-order valence-corrected chi connectivity index (χ3v) is 3.55. The van der Waals surface area contributed by atoms with Gasteiger partial charge in [0, 0.05) is 38.6 Å². The van der Waals surface area contributed by atoms with Crippen LogP contribution in [0.3, 0.4) is 0 Å². The maximum Gasteiger partial charge on any atom is 0.257 e. The van der Waals surface area contributed by atoms with E-state index in [0.717, 1.165) is 44.0 Å². The maximum atomic E-state index is 12.6. The molecule has 1 N–H and O–H groups in total. The van der Waals surface area contributed by atoms with Crippen LogP contribution in [0.25, 0.3) is 0 Å². The Labute approximate surface area is 114 Å². The fourth-order valence-corrected chi connectivity index (χ4v) is 2.36. The lowest BCUT2D eigenvalue weighted by atomic mass is 10.1. The monoisotopic (exact) mass is 262 g/mol. The fourth-order valence-electron chi connectivity index (χ4n) is 2.36. The van der Waals surface area contributed by atoms with Gasteiger partial charge in [0.05, 0.1) is 11.3 Å². The minimum atomic E-state index is 0.0761. The number of carbonyl (C=O) groups is 1. The lowest BCUT2D eigenvalue weighted by Gasteiger charge is -2.21. The van der Waals surface area contributed by atoms with Crippen molar-refractivity contribution >= 4 is 11.6 Å². The first kappa shape index (κ1) is 13.8. The van der Waals surface area contributed by atoms with Crippen LogP contribution in [0.2, 0.25) is 0 Å². The molecule has 0 unspecified atom stereocenters. The summed E-state index contributed by atoms with van der Waals surface area (Å²) in [6, 6.07) is 1.91. The van der Waals surface area contributed by atoms with Crippen molar-refractivity contribution in [3.8, 4) is 0 Å². The number of hydrogen-bond donors (Lipinski definition) is 1. The molecule has 19 heavy (non-hydrogen) atoms. The van der Waals surface area contributed by atoms with Crippen LogP contribution in [0, 0.1) is 6.92 Å². The predicted molar refractivity (Wildman–Crippen MR) is 76.5 cm³/mol. The van der Waals surface area contributed by atoms with Gasteiger partial charge in [-0.15, -0.1) is 0 Å². The van der Waals surface area contributed by atoms with Gasteiger partial charge in [0.15, 0.2) is 0 Å². The SMILES string of the molecule is CNc1cc(C)ncc1C(=O)N1CCCN(C)CC1. The summed E-state index contributed by atoms with van der Waals surface area (Å²) in [6.45, 7) is 5.51. The molecule has 1 aliphatic heterocycles. The van der Waals surface area contributed by atoms with Crippen LogP contribution in [-0.2, 0) is 0 Å². The van der Waals surface area contributed by atoms with E-state index in [2.05, 4.69) is 22.2 Å². The standard InChI is InChI=1S/C14H22N4O/c1-11-9-13(15-2)12(10-16-11)14(19)18-6-4-5-17(3)7-8-18/h9-10H,4-8H2,1-3H3,(H,15,16). The van der Waals surface area contributed by atoms with Crippen molar-refractivity contribution in [3.05, 3.63) is 23.5 Å². The van der Waals surface area contributed by atoms with Crippen LogP contribution in [0.15, 0.2) is 12.3 Å². The average molecular weight is 262 g/mol. The maximum absolute atomic E-state index is 12.6. The highest BCUT2D eigenvalue weighted by molar-refractivity contribution is 5.99. The van der Waals surface area contributed by atoms with Gasteiger partial charge in [0.2, 0.25) is 0 Å². The van der Waals surface area contributed by atoms with E-state index in [-0.39, 0.29) is 5.91 Å². The van der Waals surface area contributed by atoms with Gasteiger partial charge in [-0.3, -0.25) is 9.78 Å².